The van der Waals surface area contributed by atoms with Crippen LogP contribution in [0.4, 0.5) is 5.95 Å². The number of carbonyl (C=O) groups excluding carboxylic acids is 1. The molecule has 24 heavy (non-hydrogen) atoms. The number of nitrogens with zero attached hydrogens (tertiary/aromatic N) is 3. The van der Waals surface area contributed by atoms with Crippen LogP contribution in [0.15, 0.2) is 24.3 Å². The number of hydrogen-bond acceptors (Lipinski definition) is 4. The monoisotopic (exact) mass is 328 g/mol. The zero-order valence-corrected chi connectivity index (χ0v) is 13.4. The predicted molar refractivity (Wildman–Crippen MR) is 89.4 cm³/mol. The first-order valence-electron chi connectivity index (χ1n) is 8.56. The molecule has 0 radical (unpaired) electrons. The second-order valence-electron chi connectivity index (χ2n) is 6.77. The van der Waals surface area contributed by atoms with Gasteiger partial charge < -0.3 is 4.57 Å². The molecule has 2 aromatic rings. The Morgan fingerprint density at radius 2 is 2.00 bits per heavy atom. The maximum Gasteiger partial charge on any atom is 0.237 e. The number of benzene rings is 1. The smallest absolute Gasteiger partial charge is 0.237 e. The van der Waals surface area contributed by atoms with Gasteiger partial charge in [-0.25, -0.2) is 4.98 Å². The topological polar surface area (TPSA) is 90.1 Å². The SMILES string of the molecule is O=C(Nc1nc2ccccc2n1C1CCCCC1)[C@H]1C[C@@H]1[N+](=O)[O-]. The highest BCUT2D eigenvalue weighted by Gasteiger charge is 2.53. The van der Waals surface area contributed by atoms with Crippen molar-refractivity contribution in [3.63, 3.8) is 0 Å². The lowest BCUT2D eigenvalue weighted by Gasteiger charge is -2.25. The Balaban J connectivity index is 1.64. The molecule has 2 fully saturated rings. The summed E-state index contributed by atoms with van der Waals surface area (Å²) < 4.78 is 2.12. The number of fused-ring (bicyclic) bond motifs is 1. The average Bonchev–Trinajstić information content (AvgIpc) is 3.32. The standard InChI is InChI=1S/C17H20N4O3/c22-16(12-10-15(12)21(23)24)19-17-18-13-8-4-5-9-14(13)20(17)11-6-2-1-3-7-11/h4-5,8-9,11-12,15H,1-3,6-7,10H2,(H,18,19,22)/t12-,15-/m0/s1. The van der Waals surface area contributed by atoms with Gasteiger partial charge in [-0.15, -0.1) is 0 Å². The molecule has 0 spiro atoms. The van der Waals surface area contributed by atoms with Crippen LogP contribution in [0.1, 0.15) is 44.6 Å². The third-order valence-electron chi connectivity index (χ3n) is 5.13. The van der Waals surface area contributed by atoms with E-state index in [-0.39, 0.29) is 10.8 Å². The average molecular weight is 328 g/mol. The summed E-state index contributed by atoms with van der Waals surface area (Å²) >= 11 is 0. The molecule has 2 saturated carbocycles. The van der Waals surface area contributed by atoms with Gasteiger partial charge in [0.2, 0.25) is 17.9 Å². The van der Waals surface area contributed by atoms with Crippen LogP contribution in [0.5, 0.6) is 0 Å². The van der Waals surface area contributed by atoms with Crippen LogP contribution >= 0.6 is 0 Å². The number of imidazole rings is 1. The van der Waals surface area contributed by atoms with E-state index in [0.29, 0.717) is 18.4 Å². The summed E-state index contributed by atoms with van der Waals surface area (Å²) in [6.07, 6.45) is 6.07. The zero-order valence-electron chi connectivity index (χ0n) is 13.4. The highest BCUT2D eigenvalue weighted by Crippen LogP contribution is 2.37. The van der Waals surface area contributed by atoms with Gasteiger partial charge in [0.05, 0.1) is 11.0 Å². The van der Waals surface area contributed by atoms with E-state index in [1.165, 1.54) is 19.3 Å². The first-order valence-corrected chi connectivity index (χ1v) is 8.56. The molecule has 0 bridgehead atoms. The molecule has 7 nitrogen and oxygen atoms in total. The van der Waals surface area contributed by atoms with E-state index in [0.717, 1.165) is 23.9 Å². The highest BCUT2D eigenvalue weighted by molar-refractivity contribution is 5.95. The summed E-state index contributed by atoms with van der Waals surface area (Å²) in [5.41, 5.74) is 1.86. The molecular weight excluding hydrogens is 308 g/mol. The summed E-state index contributed by atoms with van der Waals surface area (Å²) in [6.45, 7) is 0. The molecule has 4 rings (SSSR count). The van der Waals surface area contributed by atoms with Crippen LogP contribution in [0, 0.1) is 16.0 Å². The lowest BCUT2D eigenvalue weighted by molar-refractivity contribution is -0.497. The van der Waals surface area contributed by atoms with Crippen molar-refractivity contribution in [1.29, 1.82) is 0 Å². The fourth-order valence-electron chi connectivity index (χ4n) is 3.74. The third-order valence-corrected chi connectivity index (χ3v) is 5.13. The van der Waals surface area contributed by atoms with Crippen LogP contribution in [0.2, 0.25) is 0 Å². The van der Waals surface area contributed by atoms with E-state index < -0.39 is 12.0 Å². The lowest BCUT2D eigenvalue weighted by atomic mass is 9.95. The van der Waals surface area contributed by atoms with Crippen molar-refractivity contribution in [2.45, 2.75) is 50.6 Å². The van der Waals surface area contributed by atoms with Gasteiger partial charge in [-0.05, 0) is 25.0 Å². The summed E-state index contributed by atoms with van der Waals surface area (Å²) in [6, 6.07) is 7.43. The number of aromatic nitrogens is 2. The molecule has 2 aliphatic carbocycles. The number of para-hydroxylation sites is 2. The van der Waals surface area contributed by atoms with Crippen molar-refractivity contribution in [2.75, 3.05) is 5.32 Å². The van der Waals surface area contributed by atoms with Crippen LogP contribution in [-0.2, 0) is 4.79 Å². The zero-order chi connectivity index (χ0) is 16.7. The van der Waals surface area contributed by atoms with E-state index >= 15 is 0 Å². The summed E-state index contributed by atoms with van der Waals surface area (Å²) in [7, 11) is 0. The van der Waals surface area contributed by atoms with Gasteiger partial charge in [-0.1, -0.05) is 31.4 Å². The van der Waals surface area contributed by atoms with Gasteiger partial charge in [-0.3, -0.25) is 20.2 Å². The Hall–Kier alpha value is -2.44. The van der Waals surface area contributed by atoms with Gasteiger partial charge in [-0.2, -0.15) is 0 Å². The van der Waals surface area contributed by atoms with Gasteiger partial charge in [0.1, 0.15) is 5.92 Å². The normalized spacial score (nSPS) is 24.0. The summed E-state index contributed by atoms with van der Waals surface area (Å²) in [5.74, 6) is -0.286. The Morgan fingerprint density at radius 1 is 1.25 bits per heavy atom. The number of hydrogen-bond donors (Lipinski definition) is 1. The molecule has 1 N–H and O–H groups in total. The molecule has 1 amide bonds. The Morgan fingerprint density at radius 3 is 2.71 bits per heavy atom. The van der Waals surface area contributed by atoms with E-state index in [4.69, 9.17) is 0 Å². The van der Waals surface area contributed by atoms with Crippen LogP contribution < -0.4 is 5.32 Å². The number of rotatable bonds is 4. The molecule has 1 heterocycles. The molecule has 0 aliphatic heterocycles. The predicted octanol–water partition coefficient (Wildman–Crippen LogP) is 3.15. The molecule has 126 valence electrons. The number of carbonyl (C=O) groups is 1. The summed E-state index contributed by atoms with van der Waals surface area (Å²) in [5, 5.41) is 13.6. The molecule has 7 heteroatoms. The van der Waals surface area contributed by atoms with Crippen LogP contribution in [0.25, 0.3) is 11.0 Å². The minimum Gasteiger partial charge on any atom is -0.307 e. The first kappa shape index (κ1) is 15.1. The second-order valence-corrected chi connectivity index (χ2v) is 6.77. The quantitative estimate of drug-likeness (QED) is 0.689. The van der Waals surface area contributed by atoms with Gasteiger partial charge in [0.25, 0.3) is 0 Å². The minimum atomic E-state index is -0.738. The van der Waals surface area contributed by atoms with Crippen molar-refractivity contribution >= 4 is 22.9 Å². The van der Waals surface area contributed by atoms with E-state index in [2.05, 4.69) is 14.9 Å². The Bertz CT molecular complexity index is 794. The fraction of sp³-hybridized carbons (Fsp3) is 0.529. The third kappa shape index (κ3) is 2.64. The van der Waals surface area contributed by atoms with Crippen molar-refractivity contribution in [1.82, 2.24) is 9.55 Å². The largest absolute Gasteiger partial charge is 0.307 e. The molecule has 2 atom stereocenters. The van der Waals surface area contributed by atoms with Crippen molar-refractivity contribution in [2.24, 2.45) is 5.92 Å². The molecule has 0 saturated heterocycles. The van der Waals surface area contributed by atoms with Gasteiger partial charge in [0, 0.05) is 17.4 Å². The first-order chi connectivity index (χ1) is 11.6. The highest BCUT2D eigenvalue weighted by atomic mass is 16.6. The van der Waals surface area contributed by atoms with E-state index in [1.54, 1.807) is 0 Å². The Labute approximate surface area is 139 Å². The van der Waals surface area contributed by atoms with E-state index in [1.807, 2.05) is 24.3 Å². The molecule has 0 unspecified atom stereocenters. The van der Waals surface area contributed by atoms with Gasteiger partial charge in [0.15, 0.2) is 0 Å². The van der Waals surface area contributed by atoms with Crippen LogP contribution in [0.3, 0.4) is 0 Å². The van der Waals surface area contributed by atoms with Crippen molar-refractivity contribution in [3.8, 4) is 0 Å². The maximum atomic E-state index is 12.3. The Kier molecular flexibility index (Phi) is 3.70. The molecule has 1 aromatic carbocycles. The second kappa shape index (κ2) is 5.89. The number of nitro groups is 1. The molecule has 1 aromatic heterocycles. The summed E-state index contributed by atoms with van der Waals surface area (Å²) in [4.78, 5) is 27.3. The van der Waals surface area contributed by atoms with Crippen molar-refractivity contribution < 1.29 is 9.72 Å². The number of anilines is 1. The molecule has 2 aliphatic rings. The maximum absolute atomic E-state index is 12.3. The van der Waals surface area contributed by atoms with Crippen LogP contribution in [-0.4, -0.2) is 26.4 Å². The number of amides is 1. The van der Waals surface area contributed by atoms with Crippen molar-refractivity contribution in [3.05, 3.63) is 34.4 Å². The number of nitrogens with one attached hydrogen (secondary N) is 1. The fourth-order valence-corrected chi connectivity index (χ4v) is 3.74. The molecular formula is C17H20N4O3. The van der Waals surface area contributed by atoms with Gasteiger partial charge >= 0.3 is 0 Å². The minimum absolute atomic E-state index is 0.288. The van der Waals surface area contributed by atoms with E-state index in [9.17, 15) is 14.9 Å². The lowest BCUT2D eigenvalue weighted by Crippen LogP contribution is -2.23.